The van der Waals surface area contributed by atoms with E-state index in [2.05, 4.69) is 0 Å². The van der Waals surface area contributed by atoms with Gasteiger partial charge in [-0.2, -0.15) is 4.31 Å². The van der Waals surface area contributed by atoms with Crippen molar-refractivity contribution in [2.24, 2.45) is 0 Å². The van der Waals surface area contributed by atoms with Gasteiger partial charge in [-0.15, -0.1) is 0 Å². The number of hydrogen-bond acceptors (Lipinski definition) is 5. The molecule has 0 aliphatic carbocycles. The highest BCUT2D eigenvalue weighted by molar-refractivity contribution is 7.89. The fourth-order valence-electron chi connectivity index (χ4n) is 3.02. The van der Waals surface area contributed by atoms with Gasteiger partial charge in [-0.1, -0.05) is 11.6 Å². The summed E-state index contributed by atoms with van der Waals surface area (Å²) in [5.41, 5.74) is 0.869. The number of rotatable bonds is 6. The molecular formula is C20H23ClN2O5S. The predicted octanol–water partition coefficient (Wildman–Crippen LogP) is 2.57. The number of piperazine rings is 1. The Morgan fingerprint density at radius 3 is 2.24 bits per heavy atom. The van der Waals surface area contributed by atoms with Gasteiger partial charge in [0.15, 0.2) is 6.61 Å². The molecule has 1 aliphatic rings. The molecule has 156 valence electrons. The number of methoxy groups -OCH3 is 1. The lowest BCUT2D eigenvalue weighted by Crippen LogP contribution is -2.51. The number of halogens is 1. The molecule has 1 amide bonds. The van der Waals surface area contributed by atoms with E-state index in [-0.39, 0.29) is 30.5 Å². The van der Waals surface area contributed by atoms with E-state index < -0.39 is 10.0 Å². The molecule has 0 radical (unpaired) electrons. The Hall–Kier alpha value is -2.29. The van der Waals surface area contributed by atoms with Crippen LogP contribution in [0.3, 0.4) is 0 Å². The van der Waals surface area contributed by atoms with E-state index in [1.54, 1.807) is 35.2 Å². The summed E-state index contributed by atoms with van der Waals surface area (Å²) in [4.78, 5) is 14.2. The molecule has 7 nitrogen and oxygen atoms in total. The van der Waals surface area contributed by atoms with Crippen molar-refractivity contribution in [1.29, 1.82) is 0 Å². The molecule has 1 saturated heterocycles. The van der Waals surface area contributed by atoms with Crippen molar-refractivity contribution in [3.8, 4) is 11.5 Å². The first-order valence-corrected chi connectivity index (χ1v) is 10.9. The van der Waals surface area contributed by atoms with Gasteiger partial charge in [0.25, 0.3) is 5.91 Å². The van der Waals surface area contributed by atoms with Crippen molar-refractivity contribution in [1.82, 2.24) is 9.21 Å². The zero-order valence-corrected chi connectivity index (χ0v) is 17.9. The van der Waals surface area contributed by atoms with Gasteiger partial charge in [0, 0.05) is 31.2 Å². The summed E-state index contributed by atoms with van der Waals surface area (Å²) in [5.74, 6) is 0.982. The van der Waals surface area contributed by atoms with E-state index in [4.69, 9.17) is 21.1 Å². The van der Waals surface area contributed by atoms with Crippen molar-refractivity contribution in [3.63, 3.8) is 0 Å². The lowest BCUT2D eigenvalue weighted by molar-refractivity contribution is -0.134. The first kappa shape index (κ1) is 21.4. The number of amides is 1. The minimum absolute atomic E-state index is 0.105. The largest absolute Gasteiger partial charge is 0.497 e. The van der Waals surface area contributed by atoms with Gasteiger partial charge in [-0.25, -0.2) is 8.42 Å². The average molecular weight is 439 g/mol. The Balaban J connectivity index is 1.54. The molecule has 0 atom stereocenters. The molecule has 1 aliphatic heterocycles. The molecule has 0 bridgehead atoms. The van der Waals surface area contributed by atoms with Gasteiger partial charge in [-0.05, 0) is 55.0 Å². The third kappa shape index (κ3) is 5.01. The van der Waals surface area contributed by atoms with Crippen molar-refractivity contribution in [3.05, 3.63) is 53.1 Å². The number of nitrogens with zero attached hydrogens (tertiary/aromatic N) is 2. The zero-order valence-electron chi connectivity index (χ0n) is 16.3. The fraction of sp³-hybridized carbons (Fsp3) is 0.350. The molecule has 29 heavy (non-hydrogen) atoms. The lowest BCUT2D eigenvalue weighted by atomic mass is 10.2. The van der Waals surface area contributed by atoms with E-state index in [1.807, 2.05) is 6.92 Å². The normalized spacial score (nSPS) is 15.2. The SMILES string of the molecule is COc1ccc(S(=O)(=O)N2CCN(C(=O)COc3ccc(Cl)c(C)c3)CC2)cc1. The molecule has 0 unspecified atom stereocenters. The van der Waals surface area contributed by atoms with Crippen LogP contribution in [0.5, 0.6) is 11.5 Å². The molecule has 0 saturated carbocycles. The van der Waals surface area contributed by atoms with E-state index in [0.717, 1.165) is 5.56 Å². The van der Waals surface area contributed by atoms with E-state index >= 15 is 0 Å². The van der Waals surface area contributed by atoms with Crippen molar-refractivity contribution >= 4 is 27.5 Å². The summed E-state index contributed by atoms with van der Waals surface area (Å²) in [5, 5.41) is 0.637. The summed E-state index contributed by atoms with van der Waals surface area (Å²) in [6, 6.07) is 11.5. The fourth-order valence-corrected chi connectivity index (χ4v) is 4.56. The molecule has 0 spiro atoms. The van der Waals surface area contributed by atoms with Gasteiger partial charge in [0.05, 0.1) is 12.0 Å². The van der Waals surface area contributed by atoms with Crippen molar-refractivity contribution in [2.45, 2.75) is 11.8 Å². The van der Waals surface area contributed by atoms with Crippen LogP contribution in [0.1, 0.15) is 5.56 Å². The highest BCUT2D eigenvalue weighted by atomic mass is 35.5. The van der Waals surface area contributed by atoms with Gasteiger partial charge >= 0.3 is 0 Å². The van der Waals surface area contributed by atoms with Gasteiger partial charge in [0.1, 0.15) is 11.5 Å². The highest BCUT2D eigenvalue weighted by Gasteiger charge is 2.30. The Morgan fingerprint density at radius 1 is 1.03 bits per heavy atom. The molecule has 2 aromatic carbocycles. The van der Waals surface area contributed by atoms with Crippen LogP contribution in [-0.2, 0) is 14.8 Å². The Labute approximate surface area is 175 Å². The predicted molar refractivity (Wildman–Crippen MR) is 110 cm³/mol. The van der Waals surface area contributed by atoms with Crippen LogP contribution < -0.4 is 9.47 Å². The summed E-state index contributed by atoms with van der Waals surface area (Å²) >= 11 is 5.98. The Morgan fingerprint density at radius 2 is 1.66 bits per heavy atom. The molecule has 0 N–H and O–H groups in total. The Bertz CT molecular complexity index is 971. The highest BCUT2D eigenvalue weighted by Crippen LogP contribution is 2.22. The van der Waals surface area contributed by atoms with Crippen LogP contribution in [0.4, 0.5) is 0 Å². The first-order chi connectivity index (χ1) is 13.8. The van der Waals surface area contributed by atoms with Crippen LogP contribution in [0, 0.1) is 6.92 Å². The molecule has 3 rings (SSSR count). The van der Waals surface area contributed by atoms with Crippen molar-refractivity contribution < 1.29 is 22.7 Å². The third-order valence-corrected chi connectivity index (χ3v) is 7.12. The van der Waals surface area contributed by atoms with Crippen LogP contribution in [0.15, 0.2) is 47.4 Å². The van der Waals surface area contributed by atoms with Gasteiger partial charge in [0.2, 0.25) is 10.0 Å². The quantitative estimate of drug-likeness (QED) is 0.692. The molecule has 2 aromatic rings. The summed E-state index contributed by atoms with van der Waals surface area (Å²) in [7, 11) is -2.08. The van der Waals surface area contributed by atoms with E-state index in [9.17, 15) is 13.2 Å². The lowest BCUT2D eigenvalue weighted by Gasteiger charge is -2.34. The number of sulfonamides is 1. The minimum Gasteiger partial charge on any atom is -0.497 e. The maximum absolute atomic E-state index is 12.8. The second-order valence-electron chi connectivity index (χ2n) is 6.66. The first-order valence-electron chi connectivity index (χ1n) is 9.12. The van der Waals surface area contributed by atoms with Crippen LogP contribution in [-0.4, -0.2) is 63.4 Å². The van der Waals surface area contributed by atoms with Gasteiger partial charge in [-0.3, -0.25) is 4.79 Å². The maximum atomic E-state index is 12.8. The number of carbonyl (C=O) groups excluding carboxylic acids is 1. The van der Waals surface area contributed by atoms with Crippen molar-refractivity contribution in [2.75, 3.05) is 39.9 Å². The summed E-state index contributed by atoms with van der Waals surface area (Å²) in [6.45, 7) is 2.86. The molecule has 0 aromatic heterocycles. The monoisotopic (exact) mass is 438 g/mol. The van der Waals surface area contributed by atoms with E-state index in [0.29, 0.717) is 29.6 Å². The summed E-state index contributed by atoms with van der Waals surface area (Å²) < 4.78 is 37.6. The second kappa shape index (κ2) is 9.02. The van der Waals surface area contributed by atoms with Crippen LogP contribution in [0.2, 0.25) is 5.02 Å². The number of carbonyl (C=O) groups is 1. The molecule has 1 heterocycles. The number of benzene rings is 2. The standard InChI is InChI=1S/C20H23ClN2O5S/c1-15-13-17(5-8-19(15)21)28-14-20(24)22-9-11-23(12-10-22)29(25,26)18-6-3-16(27-2)4-7-18/h3-8,13H,9-12,14H2,1-2H3. The minimum atomic E-state index is -3.60. The second-order valence-corrected chi connectivity index (χ2v) is 9.01. The molecule has 1 fully saturated rings. The molecular weight excluding hydrogens is 416 g/mol. The summed E-state index contributed by atoms with van der Waals surface area (Å²) in [6.07, 6.45) is 0. The third-order valence-electron chi connectivity index (χ3n) is 4.78. The topological polar surface area (TPSA) is 76.2 Å². The number of aryl methyl sites for hydroxylation is 1. The number of ether oxygens (including phenoxy) is 2. The zero-order chi connectivity index (χ0) is 21.0. The smallest absolute Gasteiger partial charge is 0.260 e. The maximum Gasteiger partial charge on any atom is 0.260 e. The Kier molecular flexibility index (Phi) is 6.66. The molecule has 9 heteroatoms. The number of hydrogen-bond donors (Lipinski definition) is 0. The van der Waals surface area contributed by atoms with Gasteiger partial charge < -0.3 is 14.4 Å². The van der Waals surface area contributed by atoms with Crippen LogP contribution in [0.25, 0.3) is 0 Å². The average Bonchev–Trinajstić information content (AvgIpc) is 2.74. The van der Waals surface area contributed by atoms with Crippen LogP contribution >= 0.6 is 11.6 Å². The van der Waals surface area contributed by atoms with E-state index in [1.165, 1.54) is 23.5 Å².